The van der Waals surface area contributed by atoms with Crippen molar-refractivity contribution < 1.29 is 19.1 Å². The van der Waals surface area contributed by atoms with E-state index in [0.29, 0.717) is 11.4 Å². The molecule has 1 aliphatic heterocycles. The number of halogens is 3. The zero-order valence-electron chi connectivity index (χ0n) is 12.0. The van der Waals surface area contributed by atoms with Gasteiger partial charge in [0.2, 0.25) is 0 Å². The third-order valence-electron chi connectivity index (χ3n) is 3.96. The number of likely N-dealkylation sites (tertiary alicyclic amines) is 1. The van der Waals surface area contributed by atoms with Crippen molar-refractivity contribution in [2.75, 3.05) is 6.54 Å². The van der Waals surface area contributed by atoms with Gasteiger partial charge in [-0.1, -0.05) is 36.5 Å². The first-order valence-corrected chi connectivity index (χ1v) is 7.72. The molecule has 1 aliphatic rings. The van der Waals surface area contributed by atoms with E-state index in [1.165, 1.54) is 18.2 Å². The van der Waals surface area contributed by atoms with Gasteiger partial charge in [-0.3, -0.25) is 9.69 Å². The summed E-state index contributed by atoms with van der Waals surface area (Å²) in [5.41, 5.74) is -1.14. The lowest BCUT2D eigenvalue weighted by molar-refractivity contribution is 0.0616. The van der Waals surface area contributed by atoms with Gasteiger partial charge in [-0.05, 0) is 24.6 Å². The molecule has 0 aliphatic carbocycles. The minimum atomic E-state index is -1.38. The lowest BCUT2D eigenvalue weighted by atomic mass is 9.82. The van der Waals surface area contributed by atoms with E-state index in [-0.39, 0.29) is 30.0 Å². The number of hydrogen-bond acceptors (Lipinski definition) is 2. The molecule has 0 aromatic heterocycles. The van der Waals surface area contributed by atoms with Crippen LogP contribution in [0.2, 0.25) is 10.0 Å². The Kier molecular flexibility index (Phi) is 4.97. The molecule has 1 unspecified atom stereocenters. The number of Topliss-reactive ketones (excluding diaryl/α,β-unsaturated/α-hetero) is 1. The standard InChI is InChI=1S/C15H16Cl2FNO3/c1-2-5-15(7-10(18)8-19(15)14(21)22)13(20)9-3-4-11(16)12(17)6-9/h3-4,6,10H,2,5,7-8H2,1H3,(H,21,22)/t10-,15?/m0/s1. The van der Waals surface area contributed by atoms with E-state index in [2.05, 4.69) is 0 Å². The number of hydrogen-bond donors (Lipinski definition) is 1. The fourth-order valence-electron chi connectivity index (χ4n) is 3.06. The van der Waals surface area contributed by atoms with Gasteiger partial charge >= 0.3 is 6.09 Å². The molecule has 1 saturated heterocycles. The first-order valence-electron chi connectivity index (χ1n) is 6.96. The van der Waals surface area contributed by atoms with Crippen molar-refractivity contribution in [2.24, 2.45) is 0 Å². The van der Waals surface area contributed by atoms with Crippen molar-refractivity contribution >= 4 is 35.1 Å². The van der Waals surface area contributed by atoms with Gasteiger partial charge in [-0.25, -0.2) is 9.18 Å². The summed E-state index contributed by atoms with van der Waals surface area (Å²) in [6, 6.07) is 4.36. The topological polar surface area (TPSA) is 57.6 Å². The summed E-state index contributed by atoms with van der Waals surface area (Å²) in [4.78, 5) is 25.3. The summed E-state index contributed by atoms with van der Waals surface area (Å²) in [5.74, 6) is -0.435. The minimum absolute atomic E-state index is 0.133. The van der Waals surface area contributed by atoms with E-state index in [4.69, 9.17) is 23.2 Å². The van der Waals surface area contributed by atoms with Crippen molar-refractivity contribution in [3.05, 3.63) is 33.8 Å². The Morgan fingerprint density at radius 3 is 2.64 bits per heavy atom. The summed E-state index contributed by atoms with van der Waals surface area (Å²) < 4.78 is 13.9. The molecule has 0 radical (unpaired) electrons. The van der Waals surface area contributed by atoms with Gasteiger partial charge in [0.15, 0.2) is 5.78 Å². The fraction of sp³-hybridized carbons (Fsp3) is 0.467. The van der Waals surface area contributed by atoms with Crippen molar-refractivity contribution in [3.8, 4) is 0 Å². The fourth-order valence-corrected chi connectivity index (χ4v) is 3.36. The van der Waals surface area contributed by atoms with Gasteiger partial charge in [0, 0.05) is 12.0 Å². The second-order valence-corrected chi connectivity index (χ2v) is 6.25. The summed E-state index contributed by atoms with van der Waals surface area (Å²) in [6.07, 6.45) is -1.95. The highest BCUT2D eigenvalue weighted by Crippen LogP contribution is 2.39. The molecular formula is C15H16Cl2FNO3. The van der Waals surface area contributed by atoms with Gasteiger partial charge in [-0.2, -0.15) is 0 Å². The molecule has 1 fully saturated rings. The number of carbonyl (C=O) groups is 2. The zero-order valence-corrected chi connectivity index (χ0v) is 13.5. The van der Waals surface area contributed by atoms with Gasteiger partial charge in [0.25, 0.3) is 0 Å². The van der Waals surface area contributed by atoms with Crippen LogP contribution in [0.25, 0.3) is 0 Å². The Balaban J connectivity index is 2.47. The van der Waals surface area contributed by atoms with Crippen LogP contribution in [0.1, 0.15) is 36.5 Å². The second-order valence-electron chi connectivity index (χ2n) is 5.43. The number of alkyl halides is 1. The summed E-state index contributed by atoms with van der Waals surface area (Å²) in [6.45, 7) is 1.54. The highest BCUT2D eigenvalue weighted by atomic mass is 35.5. The Bertz CT molecular complexity index is 610. The molecule has 1 heterocycles. The van der Waals surface area contributed by atoms with Crippen LogP contribution in [0.3, 0.4) is 0 Å². The average Bonchev–Trinajstić information content (AvgIpc) is 2.79. The highest BCUT2D eigenvalue weighted by molar-refractivity contribution is 6.42. The van der Waals surface area contributed by atoms with Crippen molar-refractivity contribution in [1.82, 2.24) is 4.90 Å². The molecule has 1 aromatic carbocycles. The number of benzene rings is 1. The number of amides is 1. The summed E-state index contributed by atoms with van der Waals surface area (Å²) >= 11 is 11.8. The maximum Gasteiger partial charge on any atom is 0.408 e. The van der Waals surface area contributed by atoms with E-state index in [1.54, 1.807) is 0 Å². The number of nitrogens with zero attached hydrogens (tertiary/aromatic N) is 1. The summed E-state index contributed by atoms with van der Waals surface area (Å²) in [5, 5.41) is 9.85. The van der Waals surface area contributed by atoms with Crippen LogP contribution in [0.4, 0.5) is 9.18 Å². The summed E-state index contributed by atoms with van der Waals surface area (Å²) in [7, 11) is 0. The van der Waals surface area contributed by atoms with Crippen LogP contribution >= 0.6 is 23.2 Å². The first-order chi connectivity index (χ1) is 10.3. The lowest BCUT2D eigenvalue weighted by Gasteiger charge is -2.35. The lowest BCUT2D eigenvalue weighted by Crippen LogP contribution is -2.52. The molecule has 2 atom stereocenters. The number of ketones is 1. The maximum absolute atomic E-state index is 13.9. The van der Waals surface area contributed by atoms with Gasteiger partial charge in [-0.15, -0.1) is 0 Å². The Morgan fingerprint density at radius 2 is 2.09 bits per heavy atom. The van der Waals surface area contributed by atoms with E-state index in [1.807, 2.05) is 6.92 Å². The molecule has 2 rings (SSSR count). The van der Waals surface area contributed by atoms with Crippen LogP contribution in [0, 0.1) is 0 Å². The normalized spacial score (nSPS) is 24.5. The Hall–Kier alpha value is -1.33. The van der Waals surface area contributed by atoms with Gasteiger partial charge in [0.1, 0.15) is 11.7 Å². The van der Waals surface area contributed by atoms with Crippen molar-refractivity contribution in [2.45, 2.75) is 37.9 Å². The number of carboxylic acid groups (broad SMARTS) is 1. The molecule has 7 heteroatoms. The molecule has 120 valence electrons. The van der Waals surface area contributed by atoms with Crippen molar-refractivity contribution in [3.63, 3.8) is 0 Å². The average molecular weight is 348 g/mol. The van der Waals surface area contributed by atoms with E-state index >= 15 is 0 Å². The molecule has 4 nitrogen and oxygen atoms in total. The molecule has 0 bridgehead atoms. The zero-order chi connectivity index (χ0) is 16.5. The van der Waals surface area contributed by atoms with Crippen LogP contribution < -0.4 is 0 Å². The molecule has 0 spiro atoms. The van der Waals surface area contributed by atoms with Crippen LogP contribution in [-0.2, 0) is 0 Å². The SMILES string of the molecule is CCCC1(C(=O)c2ccc(Cl)c(Cl)c2)C[C@H](F)CN1C(=O)O. The number of carbonyl (C=O) groups excluding carboxylic acids is 1. The maximum atomic E-state index is 13.9. The largest absolute Gasteiger partial charge is 0.465 e. The van der Waals surface area contributed by atoms with Crippen LogP contribution in [0.5, 0.6) is 0 Å². The van der Waals surface area contributed by atoms with Gasteiger partial charge in [0.05, 0.1) is 16.6 Å². The monoisotopic (exact) mass is 347 g/mol. The third-order valence-corrected chi connectivity index (χ3v) is 4.69. The third kappa shape index (κ3) is 2.92. The molecular weight excluding hydrogens is 332 g/mol. The molecule has 1 amide bonds. The quantitative estimate of drug-likeness (QED) is 0.819. The smallest absolute Gasteiger partial charge is 0.408 e. The van der Waals surface area contributed by atoms with Crippen LogP contribution in [-0.4, -0.2) is 40.1 Å². The Labute approximate surface area is 137 Å². The highest BCUT2D eigenvalue weighted by Gasteiger charge is 2.53. The predicted molar refractivity (Wildman–Crippen MR) is 82.7 cm³/mol. The molecule has 1 aromatic rings. The molecule has 0 saturated carbocycles. The minimum Gasteiger partial charge on any atom is -0.465 e. The predicted octanol–water partition coefficient (Wildman–Crippen LogP) is 4.44. The van der Waals surface area contributed by atoms with E-state index in [0.717, 1.165) is 4.90 Å². The van der Waals surface area contributed by atoms with E-state index < -0.39 is 23.6 Å². The van der Waals surface area contributed by atoms with Crippen LogP contribution in [0.15, 0.2) is 18.2 Å². The van der Waals surface area contributed by atoms with E-state index in [9.17, 15) is 19.1 Å². The number of rotatable bonds is 4. The molecule has 1 N–H and O–H groups in total. The van der Waals surface area contributed by atoms with Gasteiger partial charge < -0.3 is 5.11 Å². The second kappa shape index (κ2) is 6.42. The first kappa shape index (κ1) is 17.0. The molecule has 22 heavy (non-hydrogen) atoms. The Morgan fingerprint density at radius 1 is 1.41 bits per heavy atom. The van der Waals surface area contributed by atoms with Crippen molar-refractivity contribution in [1.29, 1.82) is 0 Å².